The predicted octanol–water partition coefficient (Wildman–Crippen LogP) is 4.46. The average molecular weight is 526 g/mol. The van der Waals surface area contributed by atoms with E-state index in [9.17, 15) is 14.4 Å². The van der Waals surface area contributed by atoms with Gasteiger partial charge in [0.1, 0.15) is 11.6 Å². The normalized spacial score (nSPS) is 37.0. The molecule has 7 atom stereocenters. The molecule has 4 unspecified atom stereocenters. The highest BCUT2D eigenvalue weighted by Crippen LogP contribution is 2.56. The van der Waals surface area contributed by atoms with Crippen LogP contribution < -0.4 is 10.6 Å². The molecule has 2 N–H and O–H groups in total. The molecule has 1 aromatic carbocycles. The minimum atomic E-state index is -1.11. The van der Waals surface area contributed by atoms with E-state index in [1.54, 1.807) is 24.3 Å². The van der Waals surface area contributed by atoms with Crippen molar-refractivity contribution in [2.75, 3.05) is 5.32 Å². The molecule has 3 aliphatic heterocycles. The Morgan fingerprint density at radius 3 is 2.43 bits per heavy atom. The Kier molecular flexibility index (Phi) is 6.56. The first-order valence-electron chi connectivity index (χ1n) is 14.0. The van der Waals surface area contributed by atoms with Crippen molar-refractivity contribution in [3.63, 3.8) is 0 Å². The van der Waals surface area contributed by atoms with Crippen LogP contribution in [-0.4, -0.2) is 52.5 Å². The maximum atomic E-state index is 14.3. The lowest BCUT2D eigenvalue weighted by Crippen LogP contribution is -2.59. The lowest BCUT2D eigenvalue weighted by molar-refractivity contribution is -0.146. The third-order valence-corrected chi connectivity index (χ3v) is 9.60. The first kappa shape index (κ1) is 24.9. The van der Waals surface area contributed by atoms with Crippen LogP contribution in [0.1, 0.15) is 64.7 Å². The number of carbonyl (C=O) groups excluding carboxylic acids is 3. The van der Waals surface area contributed by atoms with E-state index < -0.39 is 29.6 Å². The molecule has 5 aliphatic rings. The number of hydrogen-bond donors (Lipinski definition) is 2. The van der Waals surface area contributed by atoms with Crippen molar-refractivity contribution in [3.05, 3.63) is 41.4 Å². The summed E-state index contributed by atoms with van der Waals surface area (Å²) >= 11 is 6.01. The van der Waals surface area contributed by atoms with E-state index in [1.165, 1.54) is 6.42 Å². The smallest absolute Gasteiger partial charge is 0.246 e. The van der Waals surface area contributed by atoms with Crippen LogP contribution in [0.2, 0.25) is 5.02 Å². The molecule has 3 amide bonds. The van der Waals surface area contributed by atoms with Crippen molar-refractivity contribution in [1.29, 1.82) is 0 Å². The van der Waals surface area contributed by atoms with Gasteiger partial charge in [-0.2, -0.15) is 0 Å². The maximum absolute atomic E-state index is 14.3. The first-order chi connectivity index (χ1) is 17.9. The van der Waals surface area contributed by atoms with Gasteiger partial charge < -0.3 is 20.3 Å². The van der Waals surface area contributed by atoms with E-state index in [-0.39, 0.29) is 29.8 Å². The second-order valence-electron chi connectivity index (χ2n) is 11.6. The zero-order valence-corrected chi connectivity index (χ0v) is 22.1. The molecule has 8 heteroatoms. The van der Waals surface area contributed by atoms with Gasteiger partial charge in [-0.1, -0.05) is 62.8 Å². The number of likely N-dealkylation sites (tertiary alicyclic amines) is 1. The zero-order valence-electron chi connectivity index (χ0n) is 21.3. The van der Waals surface area contributed by atoms with Crippen LogP contribution in [0.15, 0.2) is 36.4 Å². The number of ether oxygens (including phenoxy) is 1. The number of fused-ring (bicyclic) bond motifs is 1. The molecule has 2 saturated heterocycles. The molecule has 1 spiro atoms. The molecule has 2 bridgehead atoms. The summed E-state index contributed by atoms with van der Waals surface area (Å²) in [6.07, 6.45) is 12.7. The maximum Gasteiger partial charge on any atom is 0.246 e. The number of benzene rings is 1. The molecule has 3 heterocycles. The van der Waals surface area contributed by atoms with Gasteiger partial charge in [-0.25, -0.2) is 0 Å². The SMILES string of the molecule is CC1CCCCC1N1C(=O)[C@H]2C(C(=O)Nc3ccc(Cl)cc3)[C@H]3C=C[C@@]2(O3)C1C(=O)NC1CCCCC1. The molecular formula is C29H36ClN3O4. The fraction of sp³-hybridized carbons (Fsp3) is 0.621. The molecule has 0 radical (unpaired) electrons. The third-order valence-electron chi connectivity index (χ3n) is 9.35. The summed E-state index contributed by atoms with van der Waals surface area (Å²) in [6.45, 7) is 2.18. The number of rotatable bonds is 5. The van der Waals surface area contributed by atoms with Gasteiger partial charge in [-0.15, -0.1) is 0 Å². The van der Waals surface area contributed by atoms with Crippen molar-refractivity contribution >= 4 is 35.0 Å². The van der Waals surface area contributed by atoms with Crippen LogP contribution in [0.25, 0.3) is 0 Å². The third kappa shape index (κ3) is 4.19. The van der Waals surface area contributed by atoms with Gasteiger partial charge in [0.15, 0.2) is 0 Å². The van der Waals surface area contributed by atoms with E-state index in [4.69, 9.17) is 16.3 Å². The summed E-state index contributed by atoms with van der Waals surface area (Å²) < 4.78 is 6.51. The van der Waals surface area contributed by atoms with Gasteiger partial charge in [0.2, 0.25) is 17.7 Å². The standard InChI is InChI=1S/C29H36ClN3O4/c1-17-7-5-6-10-21(17)33-25(27(35)32-19-8-3-2-4-9-19)29-16-15-22(37-29)23(24(29)28(33)36)26(34)31-20-13-11-18(30)12-14-20/h11-17,19,21-25H,2-10H2,1H3,(H,31,34)(H,32,35)/t17?,21?,22-,23?,24-,25?,29+/m1/s1. The Labute approximate surface area is 223 Å². The van der Waals surface area contributed by atoms with Gasteiger partial charge in [0, 0.05) is 22.8 Å². The lowest BCUT2D eigenvalue weighted by Gasteiger charge is -2.42. The molecule has 2 aliphatic carbocycles. The molecular weight excluding hydrogens is 490 g/mol. The van der Waals surface area contributed by atoms with E-state index in [0.29, 0.717) is 16.6 Å². The molecule has 2 saturated carbocycles. The average Bonchev–Trinajstić information content (AvgIpc) is 3.54. The second-order valence-corrected chi connectivity index (χ2v) is 12.1. The number of anilines is 1. The fourth-order valence-electron chi connectivity index (χ4n) is 7.56. The Morgan fingerprint density at radius 1 is 1.00 bits per heavy atom. The molecule has 0 aromatic heterocycles. The number of nitrogens with one attached hydrogen (secondary N) is 2. The first-order valence-corrected chi connectivity index (χ1v) is 14.3. The minimum Gasteiger partial charge on any atom is -0.359 e. The van der Waals surface area contributed by atoms with Crippen LogP contribution in [0.4, 0.5) is 5.69 Å². The summed E-state index contributed by atoms with van der Waals surface area (Å²) in [6, 6.07) is 6.26. The molecule has 4 fully saturated rings. The highest BCUT2D eigenvalue weighted by molar-refractivity contribution is 6.30. The van der Waals surface area contributed by atoms with E-state index in [0.717, 1.165) is 51.4 Å². The van der Waals surface area contributed by atoms with E-state index >= 15 is 0 Å². The van der Waals surface area contributed by atoms with E-state index in [2.05, 4.69) is 17.6 Å². The Hall–Kier alpha value is -2.38. The summed E-state index contributed by atoms with van der Waals surface area (Å²) in [4.78, 5) is 43.7. The monoisotopic (exact) mass is 525 g/mol. The second kappa shape index (κ2) is 9.73. The number of carbonyl (C=O) groups is 3. The molecule has 1 aromatic rings. The van der Waals surface area contributed by atoms with Crippen LogP contribution in [0.3, 0.4) is 0 Å². The number of halogens is 1. The van der Waals surface area contributed by atoms with Crippen LogP contribution >= 0.6 is 11.6 Å². The molecule has 37 heavy (non-hydrogen) atoms. The highest BCUT2D eigenvalue weighted by atomic mass is 35.5. The van der Waals surface area contributed by atoms with Gasteiger partial charge in [0.05, 0.1) is 17.9 Å². The molecule has 7 nitrogen and oxygen atoms in total. The van der Waals surface area contributed by atoms with Gasteiger partial charge >= 0.3 is 0 Å². The molecule has 6 rings (SSSR count). The quantitative estimate of drug-likeness (QED) is 0.556. The van der Waals surface area contributed by atoms with Crippen LogP contribution in [-0.2, 0) is 19.1 Å². The predicted molar refractivity (Wildman–Crippen MR) is 141 cm³/mol. The Morgan fingerprint density at radius 2 is 1.70 bits per heavy atom. The van der Waals surface area contributed by atoms with Crippen LogP contribution in [0.5, 0.6) is 0 Å². The van der Waals surface area contributed by atoms with Crippen LogP contribution in [0, 0.1) is 17.8 Å². The number of amides is 3. The minimum absolute atomic E-state index is 0.0284. The van der Waals surface area contributed by atoms with Gasteiger partial charge in [-0.05, 0) is 55.9 Å². The Balaban J connectivity index is 1.33. The summed E-state index contributed by atoms with van der Waals surface area (Å²) in [5.41, 5.74) is -0.496. The van der Waals surface area contributed by atoms with Crippen molar-refractivity contribution in [2.45, 2.75) is 94.5 Å². The van der Waals surface area contributed by atoms with E-state index in [1.807, 2.05) is 17.1 Å². The zero-order chi connectivity index (χ0) is 25.7. The largest absolute Gasteiger partial charge is 0.359 e. The lowest BCUT2D eigenvalue weighted by atomic mass is 9.74. The molecule has 198 valence electrons. The van der Waals surface area contributed by atoms with Crippen molar-refractivity contribution in [1.82, 2.24) is 10.2 Å². The summed E-state index contributed by atoms with van der Waals surface area (Å²) in [7, 11) is 0. The van der Waals surface area contributed by atoms with Crippen molar-refractivity contribution < 1.29 is 19.1 Å². The van der Waals surface area contributed by atoms with Crippen molar-refractivity contribution in [2.24, 2.45) is 17.8 Å². The summed E-state index contributed by atoms with van der Waals surface area (Å²) in [5.74, 6) is -1.63. The highest BCUT2D eigenvalue weighted by Gasteiger charge is 2.73. The number of hydrogen-bond acceptors (Lipinski definition) is 4. The summed E-state index contributed by atoms with van der Waals surface area (Å²) in [5, 5.41) is 6.82. The number of nitrogens with zero attached hydrogens (tertiary/aromatic N) is 1. The fourth-order valence-corrected chi connectivity index (χ4v) is 7.69. The van der Waals surface area contributed by atoms with Gasteiger partial charge in [-0.3, -0.25) is 14.4 Å². The topological polar surface area (TPSA) is 87.7 Å². The Bertz CT molecular complexity index is 1100. The van der Waals surface area contributed by atoms with Crippen molar-refractivity contribution in [3.8, 4) is 0 Å². The van der Waals surface area contributed by atoms with Gasteiger partial charge in [0.25, 0.3) is 0 Å².